The SMILES string of the molecule is O=C(NCc1nncn1C1CC1)C1Cc2ccccc2CN1. The van der Waals surface area contributed by atoms with Crippen molar-refractivity contribution in [2.45, 2.75) is 44.4 Å². The molecule has 1 atom stereocenters. The molecular formula is C16H19N5O. The number of carbonyl (C=O) groups excluding carboxylic acids is 1. The minimum Gasteiger partial charge on any atom is -0.347 e. The summed E-state index contributed by atoms with van der Waals surface area (Å²) in [5.74, 6) is 0.868. The van der Waals surface area contributed by atoms with Crippen LogP contribution in [0.3, 0.4) is 0 Å². The summed E-state index contributed by atoms with van der Waals surface area (Å²) in [6, 6.07) is 8.62. The molecule has 0 radical (unpaired) electrons. The molecule has 1 fully saturated rings. The van der Waals surface area contributed by atoms with Gasteiger partial charge in [0.05, 0.1) is 12.6 Å². The van der Waals surface area contributed by atoms with Crippen molar-refractivity contribution in [2.24, 2.45) is 0 Å². The Morgan fingerprint density at radius 1 is 1.32 bits per heavy atom. The van der Waals surface area contributed by atoms with Gasteiger partial charge < -0.3 is 15.2 Å². The van der Waals surface area contributed by atoms with Crippen molar-refractivity contribution in [3.8, 4) is 0 Å². The molecule has 0 saturated heterocycles. The molecule has 1 amide bonds. The van der Waals surface area contributed by atoms with Crippen LogP contribution in [0, 0.1) is 0 Å². The normalized spacial score (nSPS) is 20.5. The van der Waals surface area contributed by atoms with Crippen molar-refractivity contribution < 1.29 is 4.79 Å². The number of hydrogen-bond acceptors (Lipinski definition) is 4. The average Bonchev–Trinajstić information content (AvgIpc) is 3.30. The maximum atomic E-state index is 12.4. The molecule has 2 aromatic rings. The molecule has 22 heavy (non-hydrogen) atoms. The first-order chi connectivity index (χ1) is 10.8. The molecule has 6 heteroatoms. The van der Waals surface area contributed by atoms with Crippen molar-refractivity contribution in [3.05, 3.63) is 47.5 Å². The Kier molecular flexibility index (Phi) is 3.38. The first-order valence-corrected chi connectivity index (χ1v) is 7.77. The maximum absolute atomic E-state index is 12.4. The predicted octanol–water partition coefficient (Wildman–Crippen LogP) is 0.944. The number of fused-ring (bicyclic) bond motifs is 1. The Morgan fingerprint density at radius 2 is 2.14 bits per heavy atom. The van der Waals surface area contributed by atoms with E-state index in [2.05, 4.69) is 37.5 Å². The van der Waals surface area contributed by atoms with E-state index in [0.717, 1.165) is 18.8 Å². The number of rotatable bonds is 4. The van der Waals surface area contributed by atoms with Gasteiger partial charge in [-0.05, 0) is 30.4 Å². The molecule has 1 saturated carbocycles. The molecule has 4 rings (SSSR count). The second-order valence-electron chi connectivity index (χ2n) is 6.01. The van der Waals surface area contributed by atoms with Crippen LogP contribution in [-0.2, 0) is 24.3 Å². The van der Waals surface area contributed by atoms with E-state index in [1.54, 1.807) is 6.33 Å². The van der Waals surface area contributed by atoms with E-state index >= 15 is 0 Å². The summed E-state index contributed by atoms with van der Waals surface area (Å²) in [5, 5.41) is 14.3. The van der Waals surface area contributed by atoms with Crippen LogP contribution >= 0.6 is 0 Å². The number of hydrogen-bond donors (Lipinski definition) is 2. The Bertz CT molecular complexity index is 691. The zero-order valence-electron chi connectivity index (χ0n) is 12.3. The van der Waals surface area contributed by atoms with E-state index in [-0.39, 0.29) is 11.9 Å². The van der Waals surface area contributed by atoms with Crippen molar-refractivity contribution >= 4 is 5.91 Å². The minimum atomic E-state index is -0.174. The molecule has 0 spiro atoms. The summed E-state index contributed by atoms with van der Waals surface area (Å²) in [6.07, 6.45) is 4.85. The molecule has 6 nitrogen and oxygen atoms in total. The number of benzene rings is 1. The predicted molar refractivity (Wildman–Crippen MR) is 80.9 cm³/mol. The number of carbonyl (C=O) groups is 1. The van der Waals surface area contributed by atoms with E-state index in [1.807, 2.05) is 12.1 Å². The van der Waals surface area contributed by atoms with Crippen LogP contribution in [-0.4, -0.2) is 26.7 Å². The Hall–Kier alpha value is -2.21. The number of amides is 1. The third kappa shape index (κ3) is 2.62. The summed E-state index contributed by atoms with van der Waals surface area (Å²) in [7, 11) is 0. The van der Waals surface area contributed by atoms with E-state index in [0.29, 0.717) is 12.6 Å². The Balaban J connectivity index is 1.38. The zero-order valence-corrected chi connectivity index (χ0v) is 12.3. The molecule has 2 N–H and O–H groups in total. The molecule has 1 unspecified atom stereocenters. The molecule has 1 aromatic carbocycles. The lowest BCUT2D eigenvalue weighted by molar-refractivity contribution is -0.123. The smallest absolute Gasteiger partial charge is 0.237 e. The number of nitrogens with one attached hydrogen (secondary N) is 2. The van der Waals surface area contributed by atoms with Gasteiger partial charge in [-0.2, -0.15) is 0 Å². The fraction of sp³-hybridized carbons (Fsp3) is 0.438. The van der Waals surface area contributed by atoms with Gasteiger partial charge >= 0.3 is 0 Å². The highest BCUT2D eigenvalue weighted by atomic mass is 16.2. The summed E-state index contributed by atoms with van der Waals surface area (Å²) < 4.78 is 2.07. The molecule has 114 valence electrons. The largest absolute Gasteiger partial charge is 0.347 e. The van der Waals surface area contributed by atoms with E-state index in [4.69, 9.17) is 0 Å². The quantitative estimate of drug-likeness (QED) is 0.881. The molecule has 1 aliphatic heterocycles. The van der Waals surface area contributed by atoms with Gasteiger partial charge in [-0.25, -0.2) is 0 Å². The topological polar surface area (TPSA) is 71.8 Å². The van der Waals surface area contributed by atoms with Gasteiger partial charge in [0.1, 0.15) is 6.33 Å². The maximum Gasteiger partial charge on any atom is 0.237 e. The summed E-state index contributed by atoms with van der Waals surface area (Å²) in [5.41, 5.74) is 2.53. The van der Waals surface area contributed by atoms with E-state index < -0.39 is 0 Å². The van der Waals surface area contributed by atoms with Crippen molar-refractivity contribution in [1.82, 2.24) is 25.4 Å². The van der Waals surface area contributed by atoms with Gasteiger partial charge in [0.25, 0.3) is 0 Å². The monoisotopic (exact) mass is 297 g/mol. The van der Waals surface area contributed by atoms with Gasteiger partial charge in [0, 0.05) is 12.6 Å². The highest BCUT2D eigenvalue weighted by Gasteiger charge is 2.27. The summed E-state index contributed by atoms with van der Waals surface area (Å²) in [4.78, 5) is 12.4. The number of nitrogens with zero attached hydrogens (tertiary/aromatic N) is 3. The molecule has 2 aliphatic rings. The fourth-order valence-corrected chi connectivity index (χ4v) is 2.98. The van der Waals surface area contributed by atoms with Crippen molar-refractivity contribution in [1.29, 1.82) is 0 Å². The van der Waals surface area contributed by atoms with Gasteiger partial charge in [0.2, 0.25) is 5.91 Å². The van der Waals surface area contributed by atoms with Crippen molar-refractivity contribution in [3.63, 3.8) is 0 Å². The summed E-state index contributed by atoms with van der Waals surface area (Å²) >= 11 is 0. The molecule has 0 bridgehead atoms. The highest BCUT2D eigenvalue weighted by molar-refractivity contribution is 5.82. The van der Waals surface area contributed by atoms with Crippen LogP contribution in [0.4, 0.5) is 0 Å². The average molecular weight is 297 g/mol. The first kappa shape index (κ1) is 13.5. The van der Waals surface area contributed by atoms with E-state index in [9.17, 15) is 4.79 Å². The standard InChI is InChI=1S/C16H19N5O/c22-16(14-7-11-3-1-2-4-12(11)8-17-14)18-9-15-20-19-10-21(15)13-5-6-13/h1-4,10,13-14,17H,5-9H2,(H,18,22). The van der Waals surface area contributed by atoms with Crippen LogP contribution in [0.25, 0.3) is 0 Å². The number of aromatic nitrogens is 3. The lowest BCUT2D eigenvalue weighted by Gasteiger charge is -2.25. The van der Waals surface area contributed by atoms with Crippen LogP contribution in [0.15, 0.2) is 30.6 Å². The van der Waals surface area contributed by atoms with E-state index in [1.165, 1.54) is 24.0 Å². The second kappa shape index (κ2) is 5.53. The highest BCUT2D eigenvalue weighted by Crippen LogP contribution is 2.35. The van der Waals surface area contributed by atoms with Crippen LogP contribution < -0.4 is 10.6 Å². The van der Waals surface area contributed by atoms with Crippen LogP contribution in [0.5, 0.6) is 0 Å². The van der Waals surface area contributed by atoms with Crippen LogP contribution in [0.2, 0.25) is 0 Å². The third-order valence-corrected chi connectivity index (χ3v) is 4.41. The molecular weight excluding hydrogens is 278 g/mol. The molecule has 2 heterocycles. The lowest BCUT2D eigenvalue weighted by atomic mass is 9.95. The van der Waals surface area contributed by atoms with Gasteiger partial charge in [-0.3, -0.25) is 4.79 Å². The molecule has 1 aliphatic carbocycles. The minimum absolute atomic E-state index is 0.0276. The zero-order chi connectivity index (χ0) is 14.9. The van der Waals surface area contributed by atoms with Gasteiger partial charge in [-0.15, -0.1) is 10.2 Å². The van der Waals surface area contributed by atoms with Crippen LogP contribution in [0.1, 0.15) is 35.8 Å². The fourth-order valence-electron chi connectivity index (χ4n) is 2.98. The van der Waals surface area contributed by atoms with Gasteiger partial charge in [0.15, 0.2) is 5.82 Å². The Morgan fingerprint density at radius 3 is 2.95 bits per heavy atom. The lowest BCUT2D eigenvalue weighted by Crippen LogP contribution is -2.47. The second-order valence-corrected chi connectivity index (χ2v) is 6.01. The summed E-state index contributed by atoms with van der Waals surface area (Å²) in [6.45, 7) is 1.18. The third-order valence-electron chi connectivity index (χ3n) is 4.41. The van der Waals surface area contributed by atoms with Crippen molar-refractivity contribution in [2.75, 3.05) is 0 Å². The van der Waals surface area contributed by atoms with Gasteiger partial charge in [-0.1, -0.05) is 24.3 Å². The first-order valence-electron chi connectivity index (χ1n) is 7.77. The Labute approximate surface area is 128 Å². The molecule has 1 aromatic heterocycles.